The number of Topliss-reactive ketones (excluding diaryl/α,β-unsaturated/α-hetero) is 1. The minimum atomic E-state index is 0.0706. The summed E-state index contributed by atoms with van der Waals surface area (Å²) in [5, 5.41) is 9.17. The van der Waals surface area contributed by atoms with Crippen molar-refractivity contribution < 1.29 is 4.79 Å². The maximum absolute atomic E-state index is 12.0. The van der Waals surface area contributed by atoms with Gasteiger partial charge in [-0.05, 0) is 43.9 Å². The Morgan fingerprint density at radius 1 is 1.38 bits per heavy atom. The molecule has 0 N–H and O–H groups in total. The number of benzene rings is 1. The van der Waals surface area contributed by atoms with Crippen LogP contribution in [0.2, 0.25) is 0 Å². The molecule has 0 spiro atoms. The molecule has 0 aliphatic heterocycles. The Labute approximate surface area is 127 Å². The third-order valence-electron chi connectivity index (χ3n) is 4.14. The summed E-state index contributed by atoms with van der Waals surface area (Å²) in [5.41, 5.74) is 2.31. The van der Waals surface area contributed by atoms with Gasteiger partial charge >= 0.3 is 0 Å². The SMILES string of the molecule is CC(=O)c1ccc(C#N)cc1N(CC(C)C)C1CCCC1. The van der Waals surface area contributed by atoms with Crippen LogP contribution in [-0.2, 0) is 0 Å². The molecular weight excluding hydrogens is 260 g/mol. The molecule has 0 bridgehead atoms. The molecule has 0 unspecified atom stereocenters. The zero-order valence-corrected chi connectivity index (χ0v) is 13.2. The molecule has 1 aliphatic carbocycles. The third-order valence-corrected chi connectivity index (χ3v) is 4.14. The zero-order valence-electron chi connectivity index (χ0n) is 13.2. The van der Waals surface area contributed by atoms with Crippen molar-refractivity contribution in [1.82, 2.24) is 0 Å². The number of nitrogens with zero attached hydrogens (tertiary/aromatic N) is 2. The van der Waals surface area contributed by atoms with Crippen molar-refractivity contribution in [2.75, 3.05) is 11.4 Å². The summed E-state index contributed by atoms with van der Waals surface area (Å²) in [6, 6.07) is 8.12. The van der Waals surface area contributed by atoms with E-state index in [0.717, 1.165) is 17.8 Å². The third kappa shape index (κ3) is 3.64. The number of hydrogen-bond acceptors (Lipinski definition) is 3. The number of ketones is 1. The molecule has 1 aliphatic rings. The van der Waals surface area contributed by atoms with Crippen molar-refractivity contribution in [1.29, 1.82) is 5.26 Å². The van der Waals surface area contributed by atoms with Crippen molar-refractivity contribution in [3.05, 3.63) is 29.3 Å². The predicted octanol–water partition coefficient (Wildman–Crippen LogP) is 4.17. The molecule has 0 saturated heterocycles. The Morgan fingerprint density at radius 3 is 2.57 bits per heavy atom. The fourth-order valence-corrected chi connectivity index (χ4v) is 3.19. The van der Waals surface area contributed by atoms with Crippen LogP contribution in [0.15, 0.2) is 18.2 Å². The first-order valence-corrected chi connectivity index (χ1v) is 7.84. The molecule has 0 heterocycles. The summed E-state index contributed by atoms with van der Waals surface area (Å²) in [6.07, 6.45) is 4.88. The molecule has 0 atom stereocenters. The Morgan fingerprint density at radius 2 is 2.05 bits per heavy atom. The largest absolute Gasteiger partial charge is 0.368 e. The highest BCUT2D eigenvalue weighted by Gasteiger charge is 2.26. The van der Waals surface area contributed by atoms with E-state index in [1.807, 2.05) is 6.07 Å². The van der Waals surface area contributed by atoms with E-state index in [1.54, 1.807) is 19.1 Å². The zero-order chi connectivity index (χ0) is 15.4. The van der Waals surface area contributed by atoms with Crippen molar-refractivity contribution in [2.45, 2.75) is 52.5 Å². The van der Waals surface area contributed by atoms with E-state index in [-0.39, 0.29) is 5.78 Å². The Hall–Kier alpha value is -1.82. The smallest absolute Gasteiger partial charge is 0.161 e. The number of carbonyl (C=O) groups is 1. The Kier molecular flexibility index (Phi) is 5.01. The average Bonchev–Trinajstić information content (AvgIpc) is 2.97. The molecule has 112 valence electrons. The number of hydrogen-bond donors (Lipinski definition) is 0. The van der Waals surface area contributed by atoms with Crippen LogP contribution in [0.5, 0.6) is 0 Å². The van der Waals surface area contributed by atoms with Gasteiger partial charge in [-0.15, -0.1) is 0 Å². The van der Waals surface area contributed by atoms with E-state index >= 15 is 0 Å². The molecule has 1 saturated carbocycles. The van der Waals surface area contributed by atoms with E-state index in [0.29, 0.717) is 17.5 Å². The lowest BCUT2D eigenvalue weighted by Crippen LogP contribution is -2.37. The monoisotopic (exact) mass is 284 g/mol. The lowest BCUT2D eigenvalue weighted by molar-refractivity contribution is 0.101. The molecule has 1 aromatic rings. The molecule has 1 aromatic carbocycles. The van der Waals surface area contributed by atoms with Gasteiger partial charge in [-0.2, -0.15) is 5.26 Å². The van der Waals surface area contributed by atoms with E-state index < -0.39 is 0 Å². The van der Waals surface area contributed by atoms with Gasteiger partial charge in [0.15, 0.2) is 5.78 Å². The van der Waals surface area contributed by atoms with E-state index in [9.17, 15) is 4.79 Å². The van der Waals surface area contributed by atoms with Crippen LogP contribution in [0, 0.1) is 17.2 Å². The van der Waals surface area contributed by atoms with E-state index in [4.69, 9.17) is 5.26 Å². The van der Waals surface area contributed by atoms with Crippen LogP contribution >= 0.6 is 0 Å². The molecule has 3 nitrogen and oxygen atoms in total. The van der Waals surface area contributed by atoms with Gasteiger partial charge in [-0.25, -0.2) is 0 Å². The van der Waals surface area contributed by atoms with Crippen molar-refractivity contribution in [3.8, 4) is 6.07 Å². The first-order chi connectivity index (χ1) is 10.0. The first-order valence-electron chi connectivity index (χ1n) is 7.84. The van der Waals surface area contributed by atoms with E-state index in [1.165, 1.54) is 25.7 Å². The van der Waals surface area contributed by atoms with Gasteiger partial charge in [-0.1, -0.05) is 26.7 Å². The molecule has 2 rings (SSSR count). The van der Waals surface area contributed by atoms with Crippen LogP contribution in [0.1, 0.15) is 62.4 Å². The maximum atomic E-state index is 12.0. The van der Waals surface area contributed by atoms with Gasteiger partial charge in [-0.3, -0.25) is 4.79 Å². The van der Waals surface area contributed by atoms with E-state index in [2.05, 4.69) is 24.8 Å². The molecule has 3 heteroatoms. The summed E-state index contributed by atoms with van der Waals surface area (Å²) in [6.45, 7) is 6.93. The number of rotatable bonds is 5. The highest BCUT2D eigenvalue weighted by Crippen LogP contribution is 2.32. The summed E-state index contributed by atoms with van der Waals surface area (Å²) in [5.74, 6) is 0.595. The minimum absolute atomic E-state index is 0.0706. The topological polar surface area (TPSA) is 44.1 Å². The van der Waals surface area contributed by atoms with Crippen LogP contribution in [0.3, 0.4) is 0 Å². The second-order valence-corrected chi connectivity index (χ2v) is 6.38. The summed E-state index contributed by atoms with van der Waals surface area (Å²) in [7, 11) is 0. The molecule has 21 heavy (non-hydrogen) atoms. The predicted molar refractivity (Wildman–Crippen MR) is 85.6 cm³/mol. The fourth-order valence-electron chi connectivity index (χ4n) is 3.19. The Bertz CT molecular complexity index is 551. The standard InChI is InChI=1S/C18H24N2O/c1-13(2)12-20(16-6-4-5-7-16)18-10-15(11-19)8-9-17(18)14(3)21/h8-10,13,16H,4-7,12H2,1-3H3. The van der Waals surface area contributed by atoms with Crippen LogP contribution in [-0.4, -0.2) is 18.4 Å². The van der Waals surface area contributed by atoms with Gasteiger partial charge in [0.05, 0.1) is 11.6 Å². The fraction of sp³-hybridized carbons (Fsp3) is 0.556. The quantitative estimate of drug-likeness (QED) is 0.762. The Balaban J connectivity index is 2.46. The molecule has 0 aromatic heterocycles. The van der Waals surface area contributed by atoms with Crippen molar-refractivity contribution in [3.63, 3.8) is 0 Å². The van der Waals surface area contributed by atoms with Crippen molar-refractivity contribution in [2.24, 2.45) is 5.92 Å². The average molecular weight is 284 g/mol. The number of nitriles is 1. The second-order valence-electron chi connectivity index (χ2n) is 6.38. The maximum Gasteiger partial charge on any atom is 0.161 e. The van der Waals surface area contributed by atoms with Crippen molar-refractivity contribution >= 4 is 11.5 Å². The first kappa shape index (κ1) is 15.6. The van der Waals surface area contributed by atoms with Gasteiger partial charge in [0.2, 0.25) is 0 Å². The minimum Gasteiger partial charge on any atom is -0.368 e. The summed E-state index contributed by atoms with van der Waals surface area (Å²) in [4.78, 5) is 14.3. The molecule has 0 amide bonds. The molecule has 0 radical (unpaired) electrons. The normalized spacial score (nSPS) is 15.2. The summed E-state index contributed by atoms with van der Waals surface area (Å²) >= 11 is 0. The van der Waals surface area contributed by atoms with Gasteiger partial charge in [0.1, 0.15) is 0 Å². The summed E-state index contributed by atoms with van der Waals surface area (Å²) < 4.78 is 0. The molecular formula is C18H24N2O. The number of anilines is 1. The highest BCUT2D eigenvalue weighted by atomic mass is 16.1. The second kappa shape index (κ2) is 6.76. The molecule has 1 fully saturated rings. The lowest BCUT2D eigenvalue weighted by atomic mass is 10.0. The van der Waals surface area contributed by atoms with Crippen LogP contribution in [0.25, 0.3) is 0 Å². The van der Waals surface area contributed by atoms with Gasteiger partial charge in [0, 0.05) is 23.8 Å². The van der Waals surface area contributed by atoms with Crippen LogP contribution < -0.4 is 4.90 Å². The van der Waals surface area contributed by atoms with Crippen LogP contribution in [0.4, 0.5) is 5.69 Å². The lowest BCUT2D eigenvalue weighted by Gasteiger charge is -2.34. The highest BCUT2D eigenvalue weighted by molar-refractivity contribution is 6.00. The van der Waals surface area contributed by atoms with Gasteiger partial charge in [0.25, 0.3) is 0 Å². The van der Waals surface area contributed by atoms with Gasteiger partial charge < -0.3 is 4.90 Å². The number of carbonyl (C=O) groups excluding carboxylic acids is 1.